The molecule has 1 amide bonds. The van der Waals surface area contributed by atoms with E-state index in [1.807, 2.05) is 6.92 Å². The second-order valence-electron chi connectivity index (χ2n) is 9.91. The van der Waals surface area contributed by atoms with Crippen molar-refractivity contribution in [2.45, 2.75) is 76.6 Å². The highest BCUT2D eigenvalue weighted by Crippen LogP contribution is 2.41. The number of carboxylic acids is 1. The third-order valence-corrected chi connectivity index (χ3v) is 7.59. The molecule has 1 saturated carbocycles. The van der Waals surface area contributed by atoms with Crippen molar-refractivity contribution in [1.29, 1.82) is 0 Å². The third kappa shape index (κ3) is 5.92. The van der Waals surface area contributed by atoms with E-state index in [2.05, 4.69) is 5.32 Å². The summed E-state index contributed by atoms with van der Waals surface area (Å²) in [6.45, 7) is 2.30. The number of anilines is 1. The van der Waals surface area contributed by atoms with Crippen LogP contribution < -0.4 is 15.0 Å². The molecule has 2 aromatic carbocycles. The molecule has 1 aliphatic carbocycles. The first-order valence-electron chi connectivity index (χ1n) is 12.8. The Morgan fingerprint density at radius 2 is 1.89 bits per heavy atom. The molecule has 2 aromatic rings. The number of rotatable bonds is 8. The number of carboxylic acid groups (broad SMARTS) is 1. The van der Waals surface area contributed by atoms with Gasteiger partial charge in [0.2, 0.25) is 5.91 Å². The number of likely N-dealkylation sites (N-methyl/N-ethyl adjacent to an activating group) is 1. The Bertz CT molecular complexity index is 1160. The highest BCUT2D eigenvalue weighted by atomic mass is 19.4. The normalized spacial score (nSPS) is 16.9. The smallest absolute Gasteiger partial charge is 0.416 e. The maximum absolute atomic E-state index is 13.9. The zero-order chi connectivity index (χ0) is 26.7. The minimum atomic E-state index is -4.42. The molecule has 0 spiro atoms. The van der Waals surface area contributed by atoms with Crippen molar-refractivity contribution in [3.63, 3.8) is 0 Å². The molecule has 1 unspecified atom stereocenters. The highest BCUT2D eigenvalue weighted by Gasteiger charge is 2.36. The lowest BCUT2D eigenvalue weighted by atomic mass is 9.81. The molecule has 0 saturated heterocycles. The fraction of sp³-hybridized carbons (Fsp3) is 0.500. The minimum absolute atomic E-state index is 0.00123. The van der Waals surface area contributed by atoms with Gasteiger partial charge in [0.1, 0.15) is 18.4 Å². The van der Waals surface area contributed by atoms with Crippen molar-refractivity contribution in [3.8, 4) is 5.75 Å². The first-order valence-corrected chi connectivity index (χ1v) is 12.8. The van der Waals surface area contributed by atoms with Crippen LogP contribution >= 0.6 is 0 Å². The fourth-order valence-electron chi connectivity index (χ4n) is 5.52. The van der Waals surface area contributed by atoms with Crippen molar-refractivity contribution in [3.05, 3.63) is 58.1 Å². The van der Waals surface area contributed by atoms with Gasteiger partial charge in [-0.05, 0) is 79.6 Å². The number of nitrogens with zero attached hydrogens (tertiary/aromatic N) is 1. The Morgan fingerprint density at radius 1 is 1.16 bits per heavy atom. The monoisotopic (exact) mass is 518 g/mol. The topological polar surface area (TPSA) is 78.9 Å². The number of amides is 1. The number of halogens is 3. The van der Waals surface area contributed by atoms with E-state index in [-0.39, 0.29) is 24.9 Å². The highest BCUT2D eigenvalue weighted by molar-refractivity contribution is 5.98. The number of ether oxygens (including phenoxy) is 1. The predicted octanol–water partition coefficient (Wildman–Crippen LogP) is 5.59. The molecular weight excluding hydrogens is 485 g/mol. The zero-order valence-electron chi connectivity index (χ0n) is 21.2. The number of alkyl halides is 3. The van der Waals surface area contributed by atoms with Crippen LogP contribution in [-0.2, 0) is 28.8 Å². The van der Waals surface area contributed by atoms with Crippen molar-refractivity contribution >= 4 is 17.6 Å². The first-order chi connectivity index (χ1) is 17.6. The second-order valence-corrected chi connectivity index (χ2v) is 9.91. The quantitative estimate of drug-likeness (QED) is 0.476. The van der Waals surface area contributed by atoms with Gasteiger partial charge in [-0.15, -0.1) is 0 Å². The summed E-state index contributed by atoms with van der Waals surface area (Å²) in [4.78, 5) is 25.6. The number of carbonyl (C=O) groups is 2. The minimum Gasteiger partial charge on any atom is -0.489 e. The summed E-state index contributed by atoms with van der Waals surface area (Å²) < 4.78 is 47.6. The molecule has 2 aliphatic rings. The van der Waals surface area contributed by atoms with Crippen molar-refractivity contribution in [2.75, 3.05) is 18.5 Å². The van der Waals surface area contributed by atoms with E-state index < -0.39 is 23.8 Å². The SMILES string of the molecule is CNC(CC(=O)N1CCc2c1ccc(OCc1ccc(C3CCCCC3)c(C(F)(F)F)c1)c2C)C(=O)O. The van der Waals surface area contributed by atoms with E-state index in [4.69, 9.17) is 4.74 Å². The molecule has 0 aromatic heterocycles. The summed E-state index contributed by atoms with van der Waals surface area (Å²) >= 11 is 0. The average Bonchev–Trinajstić information content (AvgIpc) is 3.31. The largest absolute Gasteiger partial charge is 0.489 e. The van der Waals surface area contributed by atoms with Crippen molar-refractivity contribution in [2.24, 2.45) is 0 Å². The van der Waals surface area contributed by atoms with Crippen LogP contribution in [0, 0.1) is 6.92 Å². The van der Waals surface area contributed by atoms with Crippen LogP contribution in [0.2, 0.25) is 0 Å². The van der Waals surface area contributed by atoms with Gasteiger partial charge in [0.05, 0.1) is 12.0 Å². The number of benzene rings is 2. The van der Waals surface area contributed by atoms with E-state index in [9.17, 15) is 27.9 Å². The van der Waals surface area contributed by atoms with Crippen LogP contribution in [-0.4, -0.2) is 36.6 Å². The average molecular weight is 519 g/mol. The summed E-state index contributed by atoms with van der Waals surface area (Å²) in [5.41, 5.74) is 2.73. The van der Waals surface area contributed by atoms with Crippen LogP contribution in [0.4, 0.5) is 18.9 Å². The van der Waals surface area contributed by atoms with Crippen LogP contribution in [0.15, 0.2) is 30.3 Å². The van der Waals surface area contributed by atoms with E-state index >= 15 is 0 Å². The van der Waals surface area contributed by atoms with E-state index in [1.165, 1.54) is 13.1 Å². The molecule has 6 nitrogen and oxygen atoms in total. The third-order valence-electron chi connectivity index (χ3n) is 7.59. The standard InChI is InChI=1S/C28H33F3N2O4/c1-17-20-12-13-33(26(34)15-23(32-2)27(35)36)24(20)10-11-25(17)37-16-18-8-9-21(19-6-4-3-5-7-19)22(14-18)28(29,30)31/h8-11,14,19,23,32H,3-7,12-13,15-16H2,1-2H3,(H,35,36). The lowest BCUT2D eigenvalue weighted by Gasteiger charge is -2.25. The van der Waals surface area contributed by atoms with Gasteiger partial charge in [0, 0.05) is 12.2 Å². The fourth-order valence-corrected chi connectivity index (χ4v) is 5.52. The Labute approximate surface area is 214 Å². The Balaban J connectivity index is 1.49. The summed E-state index contributed by atoms with van der Waals surface area (Å²) in [7, 11) is 1.50. The Kier molecular flexibility index (Phi) is 8.11. The maximum Gasteiger partial charge on any atom is 0.416 e. The van der Waals surface area contributed by atoms with E-state index in [0.29, 0.717) is 35.5 Å². The molecule has 0 bridgehead atoms. The molecule has 1 aliphatic heterocycles. The molecule has 0 radical (unpaired) electrons. The molecule has 1 atom stereocenters. The lowest BCUT2D eigenvalue weighted by molar-refractivity contribution is -0.141. The number of aliphatic carboxylic acids is 1. The van der Waals surface area contributed by atoms with Crippen molar-refractivity contribution in [1.82, 2.24) is 5.32 Å². The molecule has 1 fully saturated rings. The van der Waals surface area contributed by atoms with Gasteiger partial charge in [-0.2, -0.15) is 13.2 Å². The van der Waals surface area contributed by atoms with Gasteiger partial charge < -0.3 is 20.1 Å². The molecular formula is C28H33F3N2O4. The lowest BCUT2D eigenvalue weighted by Crippen LogP contribution is -2.40. The van der Waals surface area contributed by atoms with E-state index in [0.717, 1.165) is 43.2 Å². The maximum atomic E-state index is 13.9. The first kappa shape index (κ1) is 27.0. The zero-order valence-corrected chi connectivity index (χ0v) is 21.2. The second kappa shape index (κ2) is 11.1. The van der Waals surface area contributed by atoms with Crippen LogP contribution in [0.1, 0.15) is 72.3 Å². The summed E-state index contributed by atoms with van der Waals surface area (Å²) in [5.74, 6) is -0.873. The number of hydrogen-bond acceptors (Lipinski definition) is 4. The van der Waals surface area contributed by atoms with Gasteiger partial charge in [-0.3, -0.25) is 9.59 Å². The van der Waals surface area contributed by atoms with Crippen molar-refractivity contribution < 1.29 is 32.6 Å². The Hall–Kier alpha value is -3.07. The summed E-state index contributed by atoms with van der Waals surface area (Å²) in [6, 6.07) is 7.06. The molecule has 1 heterocycles. The predicted molar refractivity (Wildman–Crippen MR) is 134 cm³/mol. The number of hydrogen-bond donors (Lipinski definition) is 2. The van der Waals surface area contributed by atoms with Gasteiger partial charge in [-0.1, -0.05) is 31.4 Å². The molecule has 2 N–H and O–H groups in total. The number of nitrogens with one attached hydrogen (secondary N) is 1. The van der Waals surface area contributed by atoms with Gasteiger partial charge >= 0.3 is 12.1 Å². The molecule has 9 heteroatoms. The Morgan fingerprint density at radius 3 is 2.54 bits per heavy atom. The van der Waals surface area contributed by atoms with Crippen LogP contribution in [0.3, 0.4) is 0 Å². The number of carbonyl (C=O) groups excluding carboxylic acids is 1. The molecule has 37 heavy (non-hydrogen) atoms. The van der Waals surface area contributed by atoms with Gasteiger partial charge in [-0.25, -0.2) is 0 Å². The van der Waals surface area contributed by atoms with Gasteiger partial charge in [0.15, 0.2) is 0 Å². The summed E-state index contributed by atoms with van der Waals surface area (Å²) in [6.07, 6.45) is 0.587. The molecule has 4 rings (SSSR count). The molecule has 200 valence electrons. The summed E-state index contributed by atoms with van der Waals surface area (Å²) in [5, 5.41) is 11.9. The van der Waals surface area contributed by atoms with E-state index in [1.54, 1.807) is 29.2 Å². The van der Waals surface area contributed by atoms with Gasteiger partial charge in [0.25, 0.3) is 0 Å². The van der Waals surface area contributed by atoms with Crippen LogP contribution in [0.25, 0.3) is 0 Å². The number of fused-ring (bicyclic) bond motifs is 1. The van der Waals surface area contributed by atoms with Crippen LogP contribution in [0.5, 0.6) is 5.75 Å².